The second-order valence-electron chi connectivity index (χ2n) is 7.25. The van der Waals surface area contributed by atoms with Gasteiger partial charge in [-0.25, -0.2) is 8.42 Å². The molecule has 0 aliphatic carbocycles. The minimum atomic E-state index is -4.38. The predicted molar refractivity (Wildman–Crippen MR) is 112 cm³/mol. The van der Waals surface area contributed by atoms with Gasteiger partial charge in [0.2, 0.25) is 10.0 Å². The van der Waals surface area contributed by atoms with E-state index in [0.717, 1.165) is 17.7 Å². The molecule has 10 heteroatoms. The van der Waals surface area contributed by atoms with Gasteiger partial charge >= 0.3 is 6.18 Å². The van der Waals surface area contributed by atoms with Gasteiger partial charge in [0.25, 0.3) is 0 Å². The SMILES string of the molecule is COCCNCc1cccc(S(=O)(=O)N2CCN(c3ccc(C(F)(F)F)cc3)CC2)c1. The van der Waals surface area contributed by atoms with Crippen LogP contribution in [-0.2, 0) is 27.5 Å². The highest BCUT2D eigenvalue weighted by Gasteiger charge is 2.31. The molecule has 2 aromatic carbocycles. The molecule has 0 bridgehead atoms. The third kappa shape index (κ3) is 5.97. The van der Waals surface area contributed by atoms with Crippen molar-refractivity contribution in [2.45, 2.75) is 17.6 Å². The molecule has 0 amide bonds. The van der Waals surface area contributed by atoms with Crippen molar-refractivity contribution in [2.24, 2.45) is 0 Å². The first-order valence-electron chi connectivity index (χ1n) is 9.93. The molecular weight excluding hydrogens is 431 g/mol. The highest BCUT2D eigenvalue weighted by Crippen LogP contribution is 2.31. The summed E-state index contributed by atoms with van der Waals surface area (Å²) in [6.07, 6.45) is -4.38. The number of benzene rings is 2. The van der Waals surface area contributed by atoms with Gasteiger partial charge in [0, 0.05) is 52.1 Å². The van der Waals surface area contributed by atoms with E-state index in [1.165, 1.54) is 16.4 Å². The number of rotatable bonds is 8. The van der Waals surface area contributed by atoms with E-state index < -0.39 is 21.8 Å². The summed E-state index contributed by atoms with van der Waals surface area (Å²) >= 11 is 0. The van der Waals surface area contributed by atoms with Gasteiger partial charge in [-0.05, 0) is 42.0 Å². The quantitative estimate of drug-likeness (QED) is 0.618. The molecule has 1 aliphatic heterocycles. The summed E-state index contributed by atoms with van der Waals surface area (Å²) in [5.41, 5.74) is 0.809. The zero-order valence-corrected chi connectivity index (χ0v) is 18.0. The third-order valence-corrected chi connectivity index (χ3v) is 7.04. The van der Waals surface area contributed by atoms with Gasteiger partial charge in [0.15, 0.2) is 0 Å². The van der Waals surface area contributed by atoms with Crippen molar-refractivity contribution < 1.29 is 26.3 Å². The average Bonchev–Trinajstić information content (AvgIpc) is 2.76. The lowest BCUT2D eigenvalue weighted by Gasteiger charge is -2.35. The first-order chi connectivity index (χ1) is 14.7. The lowest BCUT2D eigenvalue weighted by Crippen LogP contribution is -2.48. The van der Waals surface area contributed by atoms with Crippen LogP contribution in [0.4, 0.5) is 18.9 Å². The van der Waals surface area contributed by atoms with Gasteiger partial charge in [-0.15, -0.1) is 0 Å². The maximum atomic E-state index is 13.1. The molecule has 1 saturated heterocycles. The maximum Gasteiger partial charge on any atom is 0.416 e. The van der Waals surface area contributed by atoms with Crippen molar-refractivity contribution in [2.75, 3.05) is 51.3 Å². The smallest absolute Gasteiger partial charge is 0.383 e. The van der Waals surface area contributed by atoms with Crippen molar-refractivity contribution >= 4 is 15.7 Å². The molecule has 0 saturated carbocycles. The number of hydrogen-bond acceptors (Lipinski definition) is 5. The summed E-state index contributed by atoms with van der Waals surface area (Å²) < 4.78 is 70.7. The Morgan fingerprint density at radius 3 is 2.32 bits per heavy atom. The van der Waals surface area contributed by atoms with Gasteiger partial charge < -0.3 is 15.0 Å². The maximum absolute atomic E-state index is 13.1. The molecule has 6 nitrogen and oxygen atoms in total. The number of piperazine rings is 1. The Kier molecular flexibility index (Phi) is 7.58. The molecule has 1 heterocycles. The van der Waals surface area contributed by atoms with Crippen molar-refractivity contribution in [3.8, 4) is 0 Å². The lowest BCUT2D eigenvalue weighted by molar-refractivity contribution is -0.137. The Labute approximate surface area is 180 Å². The van der Waals surface area contributed by atoms with E-state index in [1.807, 2.05) is 11.0 Å². The zero-order chi connectivity index (χ0) is 22.5. The Bertz CT molecular complexity index is 958. The van der Waals surface area contributed by atoms with E-state index in [1.54, 1.807) is 25.3 Å². The van der Waals surface area contributed by atoms with Crippen LogP contribution in [0.2, 0.25) is 0 Å². The molecule has 2 aromatic rings. The van der Waals surface area contributed by atoms with Crippen molar-refractivity contribution in [1.82, 2.24) is 9.62 Å². The van der Waals surface area contributed by atoms with Crippen molar-refractivity contribution in [1.29, 1.82) is 0 Å². The summed E-state index contributed by atoms with van der Waals surface area (Å²) in [6, 6.07) is 11.8. The van der Waals surface area contributed by atoms with Crippen LogP contribution in [0.15, 0.2) is 53.4 Å². The Balaban J connectivity index is 1.62. The number of hydrogen-bond donors (Lipinski definition) is 1. The van der Waals surface area contributed by atoms with Crippen LogP contribution in [0.25, 0.3) is 0 Å². The van der Waals surface area contributed by atoms with Crippen LogP contribution < -0.4 is 10.2 Å². The lowest BCUT2D eigenvalue weighted by atomic mass is 10.2. The molecular formula is C21H26F3N3O3S. The minimum absolute atomic E-state index is 0.238. The Morgan fingerprint density at radius 2 is 1.71 bits per heavy atom. The number of sulfonamides is 1. The number of methoxy groups -OCH3 is 1. The molecule has 1 aliphatic rings. The fourth-order valence-electron chi connectivity index (χ4n) is 3.42. The van der Waals surface area contributed by atoms with Crippen molar-refractivity contribution in [3.63, 3.8) is 0 Å². The molecule has 0 unspecified atom stereocenters. The standard InChI is InChI=1S/C21H26F3N3O3S/c1-30-14-9-25-16-17-3-2-4-20(15-17)31(28,29)27-12-10-26(11-13-27)19-7-5-18(6-8-19)21(22,23)24/h2-8,15,25H,9-14,16H2,1H3. The van der Waals surface area contributed by atoms with Gasteiger partial charge in [0.1, 0.15) is 0 Å². The van der Waals surface area contributed by atoms with Crippen LogP contribution in [-0.4, -0.2) is 59.2 Å². The highest BCUT2D eigenvalue weighted by atomic mass is 32.2. The van der Waals surface area contributed by atoms with Crippen LogP contribution >= 0.6 is 0 Å². The summed E-state index contributed by atoms with van der Waals surface area (Å²) in [5, 5.41) is 3.19. The van der Waals surface area contributed by atoms with Crippen molar-refractivity contribution in [3.05, 3.63) is 59.7 Å². The fraction of sp³-hybridized carbons (Fsp3) is 0.429. The molecule has 0 atom stereocenters. The number of nitrogens with zero attached hydrogens (tertiary/aromatic N) is 2. The molecule has 0 radical (unpaired) electrons. The first kappa shape index (κ1) is 23.5. The topological polar surface area (TPSA) is 61.9 Å². The minimum Gasteiger partial charge on any atom is -0.383 e. The number of halogens is 3. The molecule has 170 valence electrons. The third-order valence-electron chi connectivity index (χ3n) is 5.15. The molecule has 31 heavy (non-hydrogen) atoms. The Hall–Kier alpha value is -2.14. The molecule has 1 fully saturated rings. The van der Waals surface area contributed by atoms with Gasteiger partial charge in [-0.2, -0.15) is 17.5 Å². The zero-order valence-electron chi connectivity index (χ0n) is 17.2. The molecule has 1 N–H and O–H groups in total. The number of ether oxygens (including phenoxy) is 1. The molecule has 0 aromatic heterocycles. The van der Waals surface area contributed by atoms with E-state index in [-0.39, 0.29) is 18.0 Å². The summed E-state index contributed by atoms with van der Waals surface area (Å²) in [6.45, 7) is 3.11. The van der Waals surface area contributed by atoms with Gasteiger partial charge in [0.05, 0.1) is 17.1 Å². The van der Waals surface area contributed by atoms with Crippen LogP contribution in [0.5, 0.6) is 0 Å². The van der Waals surface area contributed by atoms with Gasteiger partial charge in [-0.3, -0.25) is 0 Å². The summed E-state index contributed by atoms with van der Waals surface area (Å²) in [5.74, 6) is 0. The molecule has 0 spiro atoms. The first-order valence-corrected chi connectivity index (χ1v) is 11.4. The van der Waals surface area contributed by atoms with E-state index in [9.17, 15) is 21.6 Å². The predicted octanol–water partition coefficient (Wildman–Crippen LogP) is 2.95. The second kappa shape index (κ2) is 9.99. The average molecular weight is 458 g/mol. The number of nitrogens with one attached hydrogen (secondary N) is 1. The number of alkyl halides is 3. The van der Waals surface area contributed by atoms with Crippen LogP contribution in [0, 0.1) is 0 Å². The van der Waals surface area contributed by atoms with Crippen LogP contribution in [0.1, 0.15) is 11.1 Å². The second-order valence-corrected chi connectivity index (χ2v) is 9.19. The largest absolute Gasteiger partial charge is 0.416 e. The Morgan fingerprint density at radius 1 is 1.03 bits per heavy atom. The van der Waals surface area contributed by atoms with E-state index in [0.29, 0.717) is 38.5 Å². The van der Waals surface area contributed by atoms with Gasteiger partial charge in [-0.1, -0.05) is 12.1 Å². The van der Waals surface area contributed by atoms with E-state index in [2.05, 4.69) is 5.32 Å². The summed E-state index contributed by atoms with van der Waals surface area (Å²) in [4.78, 5) is 2.13. The monoisotopic (exact) mass is 457 g/mol. The van der Waals surface area contributed by atoms with E-state index >= 15 is 0 Å². The van der Waals surface area contributed by atoms with Crippen LogP contribution in [0.3, 0.4) is 0 Å². The van der Waals surface area contributed by atoms with E-state index in [4.69, 9.17) is 4.74 Å². The number of anilines is 1. The summed E-state index contributed by atoms with van der Waals surface area (Å²) in [7, 11) is -2.03. The highest BCUT2D eigenvalue weighted by molar-refractivity contribution is 7.89. The normalized spacial score (nSPS) is 15.9. The fourth-order valence-corrected chi connectivity index (χ4v) is 4.91. The molecule has 3 rings (SSSR count).